The van der Waals surface area contributed by atoms with Crippen molar-refractivity contribution in [2.45, 2.75) is 38.9 Å². The maximum Gasteiger partial charge on any atom is 0.417 e. The predicted octanol–water partition coefficient (Wildman–Crippen LogP) is 3.18. The maximum absolute atomic E-state index is 12.7. The molecule has 2 heterocycles. The van der Waals surface area contributed by atoms with Crippen LogP contribution in [0.15, 0.2) is 12.3 Å². The summed E-state index contributed by atoms with van der Waals surface area (Å²) < 4.78 is 38.1. The Bertz CT molecular complexity index is 619. The molecule has 1 amide bonds. The monoisotopic (exact) mass is 392 g/mol. The summed E-state index contributed by atoms with van der Waals surface area (Å²) in [7, 11) is 0. The van der Waals surface area contributed by atoms with Crippen LogP contribution in [0.1, 0.15) is 32.3 Å². The molecule has 0 saturated carbocycles. The van der Waals surface area contributed by atoms with E-state index in [1.54, 1.807) is 0 Å². The van der Waals surface area contributed by atoms with Gasteiger partial charge in [-0.05, 0) is 19.4 Å². The van der Waals surface area contributed by atoms with E-state index in [4.69, 9.17) is 11.6 Å². The zero-order valence-electron chi connectivity index (χ0n) is 14.9. The van der Waals surface area contributed by atoms with Crippen molar-refractivity contribution in [3.05, 3.63) is 22.8 Å². The SMILES string of the molecule is CCC[C@@H](C)NC(=O)CN1CCN(c2ncc(C(F)(F)F)cc2Cl)CC1. The normalized spacial score (nSPS) is 17.2. The maximum atomic E-state index is 12.7. The molecule has 0 unspecified atom stereocenters. The summed E-state index contributed by atoms with van der Waals surface area (Å²) in [5, 5.41) is 2.95. The van der Waals surface area contributed by atoms with Gasteiger partial charge in [0.1, 0.15) is 5.82 Å². The van der Waals surface area contributed by atoms with Crippen LogP contribution in [0.4, 0.5) is 19.0 Å². The molecule has 1 atom stereocenters. The highest BCUT2D eigenvalue weighted by Gasteiger charge is 2.32. The van der Waals surface area contributed by atoms with E-state index in [1.165, 1.54) is 0 Å². The molecule has 1 N–H and O–H groups in total. The fraction of sp³-hybridized carbons (Fsp3) is 0.647. The lowest BCUT2D eigenvalue weighted by Crippen LogP contribution is -2.50. The number of nitrogens with zero attached hydrogens (tertiary/aromatic N) is 3. The molecule has 2 rings (SSSR count). The van der Waals surface area contributed by atoms with Gasteiger partial charge in [-0.15, -0.1) is 0 Å². The molecule has 5 nitrogen and oxygen atoms in total. The largest absolute Gasteiger partial charge is 0.417 e. The number of nitrogens with one attached hydrogen (secondary N) is 1. The van der Waals surface area contributed by atoms with Crippen LogP contribution >= 0.6 is 11.6 Å². The van der Waals surface area contributed by atoms with E-state index in [0.717, 1.165) is 25.1 Å². The molecular formula is C17H24ClF3N4O. The van der Waals surface area contributed by atoms with Gasteiger partial charge in [0.05, 0.1) is 17.1 Å². The topological polar surface area (TPSA) is 48.5 Å². The number of hydrogen-bond donors (Lipinski definition) is 1. The third-order valence-corrected chi connectivity index (χ3v) is 4.60. The van der Waals surface area contributed by atoms with Gasteiger partial charge in [-0.2, -0.15) is 13.2 Å². The average Bonchev–Trinajstić information content (AvgIpc) is 2.55. The number of rotatable bonds is 6. The lowest BCUT2D eigenvalue weighted by atomic mass is 10.2. The van der Waals surface area contributed by atoms with Crippen molar-refractivity contribution in [3.63, 3.8) is 0 Å². The molecule has 1 aliphatic rings. The average molecular weight is 393 g/mol. The van der Waals surface area contributed by atoms with Crippen molar-refractivity contribution in [1.82, 2.24) is 15.2 Å². The third kappa shape index (κ3) is 5.74. The number of pyridine rings is 1. The number of carbonyl (C=O) groups excluding carboxylic acids is 1. The van der Waals surface area contributed by atoms with Crippen LogP contribution < -0.4 is 10.2 Å². The van der Waals surface area contributed by atoms with E-state index >= 15 is 0 Å². The van der Waals surface area contributed by atoms with Crippen LogP contribution in [0.2, 0.25) is 5.02 Å². The molecule has 0 aromatic carbocycles. The first-order chi connectivity index (χ1) is 12.2. The van der Waals surface area contributed by atoms with Gasteiger partial charge in [0.15, 0.2) is 0 Å². The van der Waals surface area contributed by atoms with E-state index < -0.39 is 11.7 Å². The van der Waals surface area contributed by atoms with Crippen LogP contribution in [0.5, 0.6) is 0 Å². The van der Waals surface area contributed by atoms with Crippen molar-refractivity contribution < 1.29 is 18.0 Å². The number of alkyl halides is 3. The third-order valence-electron chi connectivity index (χ3n) is 4.32. The Hall–Kier alpha value is -1.54. The molecule has 26 heavy (non-hydrogen) atoms. The molecule has 1 saturated heterocycles. The van der Waals surface area contributed by atoms with Gasteiger partial charge in [0.2, 0.25) is 5.91 Å². The Labute approximate surface area is 156 Å². The number of halogens is 4. The molecule has 1 aromatic heterocycles. The van der Waals surface area contributed by atoms with Gasteiger partial charge < -0.3 is 10.2 Å². The van der Waals surface area contributed by atoms with Crippen molar-refractivity contribution in [1.29, 1.82) is 0 Å². The Morgan fingerprint density at radius 2 is 2.00 bits per heavy atom. The van der Waals surface area contributed by atoms with Crippen molar-refractivity contribution in [2.75, 3.05) is 37.6 Å². The number of hydrogen-bond acceptors (Lipinski definition) is 4. The molecule has 0 aliphatic carbocycles. The lowest BCUT2D eigenvalue weighted by molar-refractivity contribution is -0.137. The zero-order valence-corrected chi connectivity index (χ0v) is 15.7. The minimum atomic E-state index is -4.46. The molecule has 0 radical (unpaired) electrons. The molecule has 9 heteroatoms. The summed E-state index contributed by atoms with van der Waals surface area (Å²) >= 11 is 5.99. The smallest absolute Gasteiger partial charge is 0.353 e. The number of amides is 1. The molecule has 0 spiro atoms. The van der Waals surface area contributed by atoms with Crippen molar-refractivity contribution in [2.24, 2.45) is 0 Å². The molecule has 146 valence electrons. The Balaban J connectivity index is 1.87. The summed E-state index contributed by atoms with van der Waals surface area (Å²) in [6.07, 6.45) is -1.70. The second-order valence-electron chi connectivity index (χ2n) is 6.55. The Morgan fingerprint density at radius 1 is 1.35 bits per heavy atom. The van der Waals surface area contributed by atoms with E-state index in [9.17, 15) is 18.0 Å². The second kappa shape index (κ2) is 8.90. The number of carbonyl (C=O) groups is 1. The molecule has 1 aliphatic heterocycles. The van der Waals surface area contributed by atoms with E-state index in [2.05, 4.69) is 17.2 Å². The molecular weight excluding hydrogens is 369 g/mol. The number of anilines is 1. The summed E-state index contributed by atoms with van der Waals surface area (Å²) in [5.74, 6) is 0.338. The first-order valence-corrected chi connectivity index (χ1v) is 9.08. The number of piperazine rings is 1. The highest BCUT2D eigenvalue weighted by atomic mass is 35.5. The summed E-state index contributed by atoms with van der Waals surface area (Å²) in [6.45, 7) is 6.71. The Kier molecular flexibility index (Phi) is 7.11. The quantitative estimate of drug-likeness (QED) is 0.807. The van der Waals surface area contributed by atoms with Gasteiger partial charge in [-0.1, -0.05) is 24.9 Å². The van der Waals surface area contributed by atoms with E-state index in [-0.39, 0.29) is 17.0 Å². The van der Waals surface area contributed by atoms with Crippen molar-refractivity contribution >= 4 is 23.3 Å². The molecule has 0 bridgehead atoms. The minimum absolute atomic E-state index is 0.00918. The molecule has 1 fully saturated rings. The van der Waals surface area contributed by atoms with Gasteiger partial charge in [0.25, 0.3) is 0 Å². The van der Waals surface area contributed by atoms with E-state index in [0.29, 0.717) is 38.5 Å². The van der Waals surface area contributed by atoms with Crippen LogP contribution in [0, 0.1) is 0 Å². The molecule has 1 aromatic rings. The van der Waals surface area contributed by atoms with Crippen LogP contribution in [0.3, 0.4) is 0 Å². The summed E-state index contributed by atoms with van der Waals surface area (Å²) in [5.41, 5.74) is -0.859. The number of aromatic nitrogens is 1. The highest BCUT2D eigenvalue weighted by molar-refractivity contribution is 6.33. The minimum Gasteiger partial charge on any atom is -0.353 e. The van der Waals surface area contributed by atoms with Crippen molar-refractivity contribution in [3.8, 4) is 0 Å². The van der Waals surface area contributed by atoms with Crippen LogP contribution in [-0.4, -0.2) is 54.6 Å². The van der Waals surface area contributed by atoms with Crippen LogP contribution in [-0.2, 0) is 11.0 Å². The fourth-order valence-corrected chi connectivity index (χ4v) is 3.25. The summed E-state index contributed by atoms with van der Waals surface area (Å²) in [4.78, 5) is 19.8. The fourth-order valence-electron chi connectivity index (χ4n) is 2.96. The highest BCUT2D eigenvalue weighted by Crippen LogP contribution is 2.33. The predicted molar refractivity (Wildman–Crippen MR) is 95.4 cm³/mol. The first kappa shape index (κ1) is 20.8. The van der Waals surface area contributed by atoms with Gasteiger partial charge in [-0.25, -0.2) is 4.98 Å². The zero-order chi connectivity index (χ0) is 19.3. The summed E-state index contributed by atoms with van der Waals surface area (Å²) in [6, 6.07) is 1.06. The van der Waals surface area contributed by atoms with E-state index in [1.807, 2.05) is 16.7 Å². The Morgan fingerprint density at radius 3 is 2.54 bits per heavy atom. The standard InChI is InChI=1S/C17H24ClF3N4O/c1-3-4-12(2)23-15(26)11-24-5-7-25(8-6-24)16-14(18)9-13(10-22-16)17(19,20)21/h9-10,12H,3-8,11H2,1-2H3,(H,23,26)/t12-/m1/s1. The van der Waals surface area contributed by atoms with Crippen LogP contribution in [0.25, 0.3) is 0 Å². The second-order valence-corrected chi connectivity index (χ2v) is 6.95. The lowest BCUT2D eigenvalue weighted by Gasteiger charge is -2.35. The van der Waals surface area contributed by atoms with Gasteiger partial charge in [-0.3, -0.25) is 9.69 Å². The van der Waals surface area contributed by atoms with Gasteiger partial charge in [0, 0.05) is 38.4 Å². The first-order valence-electron chi connectivity index (χ1n) is 8.70. The van der Waals surface area contributed by atoms with Gasteiger partial charge >= 0.3 is 6.18 Å².